The van der Waals surface area contributed by atoms with Crippen molar-refractivity contribution >= 4 is 34.1 Å². The average Bonchev–Trinajstić information content (AvgIpc) is 2.69. The summed E-state index contributed by atoms with van der Waals surface area (Å²) in [7, 11) is 0. The molecule has 0 atom stereocenters. The Labute approximate surface area is 122 Å². The van der Waals surface area contributed by atoms with Crippen LogP contribution in [0, 0.1) is 13.0 Å². The van der Waals surface area contributed by atoms with Crippen molar-refractivity contribution in [3.8, 4) is 0 Å². The molecule has 0 N–H and O–H groups in total. The molecule has 0 spiro atoms. The zero-order valence-electron chi connectivity index (χ0n) is 10.5. The first-order valence-corrected chi connectivity index (χ1v) is 6.82. The second-order valence-corrected chi connectivity index (χ2v) is 5.39. The van der Waals surface area contributed by atoms with Crippen LogP contribution in [0.5, 0.6) is 0 Å². The molecule has 0 aliphatic carbocycles. The fourth-order valence-corrected chi connectivity index (χ4v) is 2.75. The standard InChI is InChI=1S/C16H12Cl2N/c1-11-8-12-4-2-3-5-16(12)19(11)10-13-6-7-14(17)9-15(13)18/h2-7,9H,10H2,1H3. The van der Waals surface area contributed by atoms with E-state index in [0.717, 1.165) is 23.2 Å². The van der Waals surface area contributed by atoms with Crippen molar-refractivity contribution in [1.29, 1.82) is 0 Å². The fourth-order valence-electron chi connectivity index (χ4n) is 2.28. The second kappa shape index (κ2) is 4.92. The molecule has 3 rings (SSSR count). The van der Waals surface area contributed by atoms with Crippen molar-refractivity contribution in [2.24, 2.45) is 0 Å². The van der Waals surface area contributed by atoms with Gasteiger partial charge < -0.3 is 4.57 Å². The molecule has 95 valence electrons. The van der Waals surface area contributed by atoms with Gasteiger partial charge in [0.2, 0.25) is 0 Å². The van der Waals surface area contributed by atoms with Crippen LogP contribution in [0.4, 0.5) is 0 Å². The summed E-state index contributed by atoms with van der Waals surface area (Å²) in [6.45, 7) is 2.79. The quantitative estimate of drug-likeness (QED) is 0.618. The maximum atomic E-state index is 6.24. The summed E-state index contributed by atoms with van der Waals surface area (Å²) in [6, 6.07) is 17.2. The van der Waals surface area contributed by atoms with E-state index in [9.17, 15) is 0 Å². The molecule has 0 aliphatic rings. The summed E-state index contributed by atoms with van der Waals surface area (Å²) < 4.78 is 2.21. The van der Waals surface area contributed by atoms with Crippen molar-refractivity contribution in [2.75, 3.05) is 0 Å². The third kappa shape index (κ3) is 2.36. The van der Waals surface area contributed by atoms with E-state index in [1.165, 1.54) is 5.52 Å². The normalized spacial score (nSPS) is 11.1. The highest BCUT2D eigenvalue weighted by Gasteiger charge is 2.08. The number of rotatable bonds is 2. The van der Waals surface area contributed by atoms with E-state index in [2.05, 4.69) is 29.7 Å². The van der Waals surface area contributed by atoms with Gasteiger partial charge in [-0.25, -0.2) is 0 Å². The van der Waals surface area contributed by atoms with Gasteiger partial charge >= 0.3 is 0 Å². The van der Waals surface area contributed by atoms with Gasteiger partial charge in [-0.2, -0.15) is 0 Å². The van der Waals surface area contributed by atoms with Gasteiger partial charge in [0.15, 0.2) is 0 Å². The number of nitrogens with zero attached hydrogens (tertiary/aromatic N) is 1. The number of halogens is 2. The van der Waals surface area contributed by atoms with E-state index in [1.54, 1.807) is 6.07 Å². The second-order valence-electron chi connectivity index (χ2n) is 4.55. The van der Waals surface area contributed by atoms with Crippen LogP contribution in [0.3, 0.4) is 0 Å². The molecule has 0 fully saturated rings. The summed E-state index contributed by atoms with van der Waals surface area (Å²) in [5.41, 5.74) is 3.34. The average molecular weight is 289 g/mol. The lowest BCUT2D eigenvalue weighted by Crippen LogP contribution is -2.02. The van der Waals surface area contributed by atoms with Gasteiger partial charge in [-0.05, 0) is 30.7 Å². The van der Waals surface area contributed by atoms with E-state index in [4.69, 9.17) is 23.2 Å². The van der Waals surface area contributed by atoms with Crippen molar-refractivity contribution in [1.82, 2.24) is 4.57 Å². The van der Waals surface area contributed by atoms with Gasteiger partial charge in [-0.3, -0.25) is 0 Å². The molecule has 0 unspecified atom stereocenters. The lowest BCUT2D eigenvalue weighted by atomic mass is 10.2. The Balaban J connectivity index is 2.08. The Hall–Kier alpha value is -1.44. The minimum absolute atomic E-state index is 0.661. The molecule has 19 heavy (non-hydrogen) atoms. The van der Waals surface area contributed by atoms with Gasteiger partial charge in [-0.1, -0.05) is 47.5 Å². The van der Waals surface area contributed by atoms with E-state index in [1.807, 2.05) is 24.3 Å². The van der Waals surface area contributed by atoms with E-state index in [0.29, 0.717) is 10.0 Å². The highest BCUT2D eigenvalue weighted by Crippen LogP contribution is 2.25. The molecule has 1 heterocycles. The molecule has 1 radical (unpaired) electrons. The number of para-hydroxylation sites is 1. The van der Waals surface area contributed by atoms with Crippen LogP contribution in [0.15, 0.2) is 42.5 Å². The molecule has 0 amide bonds. The number of aryl methyl sites for hydroxylation is 1. The molecule has 3 aromatic rings. The fraction of sp³-hybridized carbons (Fsp3) is 0.125. The number of fused-ring (bicyclic) bond motifs is 1. The molecule has 0 bridgehead atoms. The Kier molecular flexibility index (Phi) is 3.26. The minimum atomic E-state index is 0.661. The summed E-state index contributed by atoms with van der Waals surface area (Å²) in [5.74, 6) is 0. The Morgan fingerprint density at radius 3 is 2.68 bits per heavy atom. The summed E-state index contributed by atoms with van der Waals surface area (Å²) in [4.78, 5) is 0. The highest BCUT2D eigenvalue weighted by molar-refractivity contribution is 6.35. The number of hydrogen-bond acceptors (Lipinski definition) is 0. The van der Waals surface area contributed by atoms with Crippen LogP contribution in [-0.2, 0) is 6.54 Å². The van der Waals surface area contributed by atoms with Crippen LogP contribution >= 0.6 is 23.2 Å². The largest absolute Gasteiger partial charge is 0.340 e. The molecule has 0 aliphatic heterocycles. The lowest BCUT2D eigenvalue weighted by molar-refractivity contribution is 0.804. The topological polar surface area (TPSA) is 4.93 Å². The van der Waals surface area contributed by atoms with Gasteiger partial charge in [0.25, 0.3) is 0 Å². The van der Waals surface area contributed by atoms with Gasteiger partial charge in [0, 0.05) is 39.3 Å². The molecule has 0 saturated carbocycles. The first-order valence-electron chi connectivity index (χ1n) is 6.06. The number of aromatic nitrogens is 1. The first kappa shape index (κ1) is 12.6. The minimum Gasteiger partial charge on any atom is -0.340 e. The van der Waals surface area contributed by atoms with Gasteiger partial charge in [0.1, 0.15) is 0 Å². The lowest BCUT2D eigenvalue weighted by Gasteiger charge is -2.10. The van der Waals surface area contributed by atoms with Crippen LogP contribution in [-0.4, -0.2) is 4.57 Å². The Morgan fingerprint density at radius 1 is 1.11 bits per heavy atom. The van der Waals surface area contributed by atoms with E-state index in [-0.39, 0.29) is 0 Å². The zero-order valence-corrected chi connectivity index (χ0v) is 12.0. The smallest absolute Gasteiger partial charge is 0.0493 e. The molecular formula is C16H12Cl2N. The van der Waals surface area contributed by atoms with Gasteiger partial charge in [-0.15, -0.1) is 0 Å². The van der Waals surface area contributed by atoms with Crippen molar-refractivity contribution in [3.63, 3.8) is 0 Å². The summed E-state index contributed by atoms with van der Waals surface area (Å²) in [6.07, 6.45) is 0. The number of benzene rings is 2. The van der Waals surface area contributed by atoms with Crippen LogP contribution < -0.4 is 0 Å². The Bertz CT molecular complexity index is 744. The molecule has 2 aromatic carbocycles. The van der Waals surface area contributed by atoms with Crippen LogP contribution in [0.25, 0.3) is 10.9 Å². The monoisotopic (exact) mass is 288 g/mol. The number of hydrogen-bond donors (Lipinski definition) is 0. The van der Waals surface area contributed by atoms with E-state index >= 15 is 0 Å². The Morgan fingerprint density at radius 2 is 1.89 bits per heavy atom. The van der Waals surface area contributed by atoms with Crippen molar-refractivity contribution < 1.29 is 0 Å². The van der Waals surface area contributed by atoms with Gasteiger partial charge in [0.05, 0.1) is 0 Å². The maximum Gasteiger partial charge on any atom is 0.0493 e. The van der Waals surface area contributed by atoms with Crippen molar-refractivity contribution in [3.05, 3.63) is 69.8 Å². The van der Waals surface area contributed by atoms with E-state index < -0.39 is 0 Å². The molecule has 3 heteroatoms. The predicted molar refractivity (Wildman–Crippen MR) is 81.1 cm³/mol. The molecule has 0 saturated heterocycles. The summed E-state index contributed by atoms with van der Waals surface area (Å²) >= 11 is 12.2. The van der Waals surface area contributed by atoms with Crippen molar-refractivity contribution in [2.45, 2.75) is 13.5 Å². The van der Waals surface area contributed by atoms with Crippen LogP contribution in [0.2, 0.25) is 10.0 Å². The zero-order chi connectivity index (χ0) is 13.4. The maximum absolute atomic E-state index is 6.24. The summed E-state index contributed by atoms with van der Waals surface area (Å²) in [5, 5.41) is 2.49. The molecule has 1 aromatic heterocycles. The third-order valence-corrected chi connectivity index (χ3v) is 3.85. The third-order valence-electron chi connectivity index (χ3n) is 3.26. The first-order chi connectivity index (χ1) is 9.15. The molecular weight excluding hydrogens is 277 g/mol. The molecule has 1 nitrogen and oxygen atoms in total. The highest BCUT2D eigenvalue weighted by atomic mass is 35.5. The van der Waals surface area contributed by atoms with Crippen LogP contribution in [0.1, 0.15) is 11.3 Å². The SMILES string of the molecule is Cc1[c]c2ccccc2n1Cc1ccc(Cl)cc1Cl. The predicted octanol–water partition coefficient (Wildman–Crippen LogP) is 5.11.